The van der Waals surface area contributed by atoms with Gasteiger partial charge in [-0.1, -0.05) is 12.1 Å². The lowest BCUT2D eigenvalue weighted by Gasteiger charge is -2.08. The second-order valence-corrected chi connectivity index (χ2v) is 5.68. The average Bonchev–Trinajstić information content (AvgIpc) is 2.26. The second-order valence-electron chi connectivity index (χ2n) is 3.92. The van der Waals surface area contributed by atoms with Crippen LogP contribution in [-0.4, -0.2) is 37.2 Å². The molecule has 0 unspecified atom stereocenters. The van der Waals surface area contributed by atoms with Crippen LogP contribution in [0.4, 0.5) is 0 Å². The number of aliphatic hydroxyl groups excluding tert-OH is 1. The third-order valence-electron chi connectivity index (χ3n) is 2.16. The Morgan fingerprint density at radius 3 is 2.33 bits per heavy atom. The summed E-state index contributed by atoms with van der Waals surface area (Å²) in [6.45, 7) is 1.40. The molecule has 0 saturated heterocycles. The SMILES string of the molecule is C[C@@H](O)CNS(=O)(=O)c1ccc(CC(=O)O)cc1. The molecule has 0 heterocycles. The summed E-state index contributed by atoms with van der Waals surface area (Å²) in [5, 5.41) is 17.6. The highest BCUT2D eigenvalue weighted by molar-refractivity contribution is 7.89. The molecule has 0 bridgehead atoms. The minimum absolute atomic E-state index is 0.0392. The molecule has 6 nitrogen and oxygen atoms in total. The molecule has 0 amide bonds. The summed E-state index contributed by atoms with van der Waals surface area (Å²) in [5.74, 6) is -0.974. The van der Waals surface area contributed by atoms with Gasteiger partial charge in [0, 0.05) is 6.54 Å². The van der Waals surface area contributed by atoms with E-state index in [0.717, 1.165) is 0 Å². The van der Waals surface area contributed by atoms with Gasteiger partial charge in [0.15, 0.2) is 0 Å². The van der Waals surface area contributed by atoms with E-state index in [1.165, 1.54) is 31.2 Å². The van der Waals surface area contributed by atoms with Gasteiger partial charge in [0.25, 0.3) is 0 Å². The highest BCUT2D eigenvalue weighted by atomic mass is 32.2. The summed E-state index contributed by atoms with van der Waals surface area (Å²) in [7, 11) is -3.66. The van der Waals surface area contributed by atoms with Crippen LogP contribution in [0.5, 0.6) is 0 Å². The van der Waals surface area contributed by atoms with Crippen molar-refractivity contribution in [1.29, 1.82) is 0 Å². The maximum Gasteiger partial charge on any atom is 0.307 e. The number of benzene rings is 1. The zero-order valence-electron chi connectivity index (χ0n) is 9.83. The smallest absolute Gasteiger partial charge is 0.307 e. The Balaban J connectivity index is 2.81. The highest BCUT2D eigenvalue weighted by Crippen LogP contribution is 2.11. The number of aliphatic hydroxyl groups is 1. The molecule has 0 aliphatic heterocycles. The zero-order chi connectivity index (χ0) is 13.8. The number of aliphatic carboxylic acids is 1. The largest absolute Gasteiger partial charge is 0.481 e. The van der Waals surface area contributed by atoms with Crippen molar-refractivity contribution in [3.63, 3.8) is 0 Å². The van der Waals surface area contributed by atoms with Crippen LogP contribution in [0.1, 0.15) is 12.5 Å². The summed E-state index contributed by atoms with van der Waals surface area (Å²) in [5.41, 5.74) is 0.525. The molecule has 0 aromatic heterocycles. The van der Waals surface area contributed by atoms with Gasteiger partial charge in [-0.3, -0.25) is 4.79 Å². The summed E-state index contributed by atoms with van der Waals surface area (Å²) >= 11 is 0. The first kappa shape index (κ1) is 14.6. The molecular formula is C11H15NO5S. The monoisotopic (exact) mass is 273 g/mol. The number of carboxylic acids is 1. The van der Waals surface area contributed by atoms with Crippen molar-refractivity contribution in [2.75, 3.05) is 6.54 Å². The molecule has 0 spiro atoms. The third kappa shape index (κ3) is 4.44. The Hall–Kier alpha value is -1.44. The first-order valence-corrected chi connectivity index (χ1v) is 6.78. The molecule has 7 heteroatoms. The lowest BCUT2D eigenvalue weighted by Crippen LogP contribution is -2.30. The molecule has 100 valence electrons. The highest BCUT2D eigenvalue weighted by Gasteiger charge is 2.14. The molecule has 0 saturated carbocycles. The van der Waals surface area contributed by atoms with Crippen molar-refractivity contribution in [2.24, 2.45) is 0 Å². The van der Waals surface area contributed by atoms with Crippen molar-refractivity contribution in [1.82, 2.24) is 4.72 Å². The van der Waals surface area contributed by atoms with Crippen LogP contribution in [0, 0.1) is 0 Å². The maximum absolute atomic E-state index is 11.7. The van der Waals surface area contributed by atoms with E-state index in [0.29, 0.717) is 5.56 Å². The molecule has 18 heavy (non-hydrogen) atoms. The molecule has 0 aliphatic carbocycles. The van der Waals surface area contributed by atoms with Gasteiger partial charge in [-0.15, -0.1) is 0 Å². The van der Waals surface area contributed by atoms with E-state index >= 15 is 0 Å². The van der Waals surface area contributed by atoms with Crippen molar-refractivity contribution in [2.45, 2.75) is 24.3 Å². The molecule has 0 radical (unpaired) electrons. The quantitative estimate of drug-likeness (QED) is 0.675. The summed E-state index contributed by atoms with van der Waals surface area (Å²) in [6.07, 6.45) is -0.924. The molecule has 1 aromatic rings. The van der Waals surface area contributed by atoms with Crippen molar-refractivity contribution in [3.8, 4) is 0 Å². The van der Waals surface area contributed by atoms with E-state index in [4.69, 9.17) is 10.2 Å². The lowest BCUT2D eigenvalue weighted by molar-refractivity contribution is -0.136. The van der Waals surface area contributed by atoms with Crippen LogP contribution >= 0.6 is 0 Å². The number of carboxylic acid groups (broad SMARTS) is 1. The molecule has 0 aliphatic rings. The van der Waals surface area contributed by atoms with Gasteiger partial charge in [-0.25, -0.2) is 13.1 Å². The number of sulfonamides is 1. The molecule has 1 aromatic carbocycles. The molecule has 1 rings (SSSR count). The van der Waals surface area contributed by atoms with Crippen molar-refractivity contribution in [3.05, 3.63) is 29.8 Å². The number of rotatable bonds is 6. The zero-order valence-corrected chi connectivity index (χ0v) is 10.6. The summed E-state index contributed by atoms with van der Waals surface area (Å²) in [6, 6.07) is 5.57. The standard InChI is InChI=1S/C11H15NO5S/c1-8(13)7-12-18(16,17)10-4-2-9(3-5-10)6-11(14)15/h2-5,8,12-13H,6-7H2,1H3,(H,14,15)/t8-/m1/s1. The van der Waals surface area contributed by atoms with Gasteiger partial charge in [-0.05, 0) is 24.6 Å². The van der Waals surface area contributed by atoms with Crippen LogP contribution in [0.3, 0.4) is 0 Å². The minimum atomic E-state index is -3.66. The maximum atomic E-state index is 11.7. The van der Waals surface area contributed by atoms with Gasteiger partial charge in [0.05, 0.1) is 17.4 Å². The van der Waals surface area contributed by atoms with Gasteiger partial charge in [0.2, 0.25) is 10.0 Å². The van der Waals surface area contributed by atoms with Crippen LogP contribution in [0.25, 0.3) is 0 Å². The van der Waals surface area contributed by atoms with Gasteiger partial charge < -0.3 is 10.2 Å². The van der Waals surface area contributed by atoms with E-state index in [1.54, 1.807) is 0 Å². The Labute approximate surface area is 105 Å². The van der Waals surface area contributed by atoms with E-state index in [1.807, 2.05) is 0 Å². The van der Waals surface area contributed by atoms with Crippen LogP contribution < -0.4 is 4.72 Å². The normalized spacial score (nSPS) is 13.2. The number of hydrogen-bond donors (Lipinski definition) is 3. The third-order valence-corrected chi connectivity index (χ3v) is 3.60. The Morgan fingerprint density at radius 1 is 1.33 bits per heavy atom. The Bertz CT molecular complexity index is 507. The average molecular weight is 273 g/mol. The number of hydrogen-bond acceptors (Lipinski definition) is 4. The van der Waals surface area contributed by atoms with E-state index in [-0.39, 0.29) is 17.9 Å². The van der Waals surface area contributed by atoms with Crippen molar-refractivity contribution < 1.29 is 23.4 Å². The summed E-state index contributed by atoms with van der Waals surface area (Å²) < 4.78 is 25.7. The molecule has 3 N–H and O–H groups in total. The van der Waals surface area contributed by atoms with Crippen LogP contribution in [0.15, 0.2) is 29.2 Å². The topological polar surface area (TPSA) is 104 Å². The molecule has 0 fully saturated rings. The van der Waals surface area contributed by atoms with Crippen LogP contribution in [-0.2, 0) is 21.2 Å². The molecule has 1 atom stereocenters. The number of nitrogens with one attached hydrogen (secondary N) is 1. The van der Waals surface area contributed by atoms with E-state index in [9.17, 15) is 13.2 Å². The fourth-order valence-electron chi connectivity index (χ4n) is 1.27. The van der Waals surface area contributed by atoms with Gasteiger partial charge in [-0.2, -0.15) is 0 Å². The number of carbonyl (C=O) groups is 1. The predicted molar refractivity (Wildman–Crippen MR) is 64.7 cm³/mol. The minimum Gasteiger partial charge on any atom is -0.481 e. The van der Waals surface area contributed by atoms with E-state index < -0.39 is 22.1 Å². The predicted octanol–water partition coefficient (Wildman–Crippen LogP) is -0.0272. The van der Waals surface area contributed by atoms with Crippen molar-refractivity contribution >= 4 is 16.0 Å². The van der Waals surface area contributed by atoms with E-state index in [2.05, 4.69) is 4.72 Å². The van der Waals surface area contributed by atoms with Crippen LogP contribution in [0.2, 0.25) is 0 Å². The lowest BCUT2D eigenvalue weighted by atomic mass is 10.2. The van der Waals surface area contributed by atoms with Gasteiger partial charge >= 0.3 is 5.97 Å². The Kier molecular flexibility index (Phi) is 4.83. The van der Waals surface area contributed by atoms with Gasteiger partial charge in [0.1, 0.15) is 0 Å². The Morgan fingerprint density at radius 2 is 1.89 bits per heavy atom. The first-order valence-electron chi connectivity index (χ1n) is 5.30. The summed E-state index contributed by atoms with van der Waals surface area (Å²) in [4.78, 5) is 10.5. The first-order chi connectivity index (χ1) is 8.31. The molecular weight excluding hydrogens is 258 g/mol. The second kappa shape index (κ2) is 5.94. The fraction of sp³-hybridized carbons (Fsp3) is 0.364. The fourth-order valence-corrected chi connectivity index (χ4v) is 2.40.